The number of nitrogens with one attached hydrogen (secondary N) is 2. The lowest BCUT2D eigenvalue weighted by Gasteiger charge is -2.35. The van der Waals surface area contributed by atoms with Crippen molar-refractivity contribution in [3.63, 3.8) is 0 Å². The van der Waals surface area contributed by atoms with Gasteiger partial charge in [0, 0.05) is 41.4 Å². The van der Waals surface area contributed by atoms with Crippen LogP contribution in [-0.4, -0.2) is 39.8 Å². The van der Waals surface area contributed by atoms with Crippen molar-refractivity contribution < 1.29 is 4.79 Å². The molecule has 0 bridgehead atoms. The van der Waals surface area contributed by atoms with E-state index in [9.17, 15) is 4.79 Å². The maximum atomic E-state index is 13.3. The first kappa shape index (κ1) is 33.4. The van der Waals surface area contributed by atoms with Crippen molar-refractivity contribution in [3.05, 3.63) is 125 Å². The van der Waals surface area contributed by atoms with Gasteiger partial charge >= 0.3 is 0 Å². The van der Waals surface area contributed by atoms with E-state index in [-0.39, 0.29) is 11.9 Å². The molecule has 0 spiro atoms. The van der Waals surface area contributed by atoms with Gasteiger partial charge in [-0.25, -0.2) is 0 Å². The van der Waals surface area contributed by atoms with E-state index in [0.29, 0.717) is 17.1 Å². The van der Waals surface area contributed by atoms with E-state index in [1.54, 1.807) is 6.20 Å². The minimum absolute atomic E-state index is 0.0358. The average molecular weight is 676 g/mol. The van der Waals surface area contributed by atoms with E-state index in [4.69, 9.17) is 11.6 Å². The van der Waals surface area contributed by atoms with E-state index in [2.05, 4.69) is 53.2 Å². The van der Waals surface area contributed by atoms with Gasteiger partial charge < -0.3 is 20.1 Å². The second-order valence-electron chi connectivity index (χ2n) is 11.8. The van der Waals surface area contributed by atoms with Gasteiger partial charge in [0.2, 0.25) is 0 Å². The molecular formula is C37H44BrClN4O. The first-order valence-electron chi connectivity index (χ1n) is 15.4. The van der Waals surface area contributed by atoms with Crippen LogP contribution >= 0.6 is 27.5 Å². The summed E-state index contributed by atoms with van der Waals surface area (Å²) in [5.41, 5.74) is 4.90. The Morgan fingerprint density at radius 2 is 1.86 bits per heavy atom. The normalized spacial score (nSPS) is 19.2. The summed E-state index contributed by atoms with van der Waals surface area (Å²) in [5.74, 6) is 0.0358. The number of hydrogen-bond donors (Lipinski definition) is 2. The van der Waals surface area contributed by atoms with Crippen molar-refractivity contribution in [1.29, 1.82) is 0 Å². The Morgan fingerprint density at radius 3 is 2.43 bits per heavy atom. The zero-order chi connectivity index (χ0) is 31.7. The lowest BCUT2D eigenvalue weighted by Crippen LogP contribution is -2.48. The number of carbonyl (C=O) groups excluding carboxylic acids is 1. The molecule has 5 nitrogen and oxygen atoms in total. The number of H-pyrrole nitrogens is 1. The van der Waals surface area contributed by atoms with Crippen molar-refractivity contribution in [2.45, 2.75) is 58.9 Å². The van der Waals surface area contributed by atoms with Crippen LogP contribution in [0.1, 0.15) is 58.6 Å². The number of piperidine rings is 1. The predicted molar refractivity (Wildman–Crippen MR) is 190 cm³/mol. The average Bonchev–Trinajstić information content (AvgIpc) is 3.64. The second-order valence-corrected chi connectivity index (χ2v) is 13.1. The fraction of sp³-hybridized carbons (Fsp3) is 0.324. The standard InChI is InChI=1S/C25H26BrClN4O.C6H12.C6H6/c1-4-23-20(9-7-10-30(23)5-2)25(32)31-11-6-8-19(15-31)28-16(3)22-13-17-12-18(26)14-21(27)24(17)29-22;1-3-6(2)4-5-6;1-2-4-6-5-3-1/h4-5,7,9-10,12-14,19,28-29H,2-3,6,8,11,15H2,1H3;3-5H2,1-2H3;1-6H/b23-4-;;. The van der Waals surface area contributed by atoms with Gasteiger partial charge in [-0.2, -0.15) is 0 Å². The van der Waals surface area contributed by atoms with Gasteiger partial charge in [0.1, 0.15) is 0 Å². The number of amides is 1. The monoisotopic (exact) mass is 674 g/mol. The molecule has 1 unspecified atom stereocenters. The molecule has 232 valence electrons. The highest BCUT2D eigenvalue weighted by atomic mass is 79.9. The summed E-state index contributed by atoms with van der Waals surface area (Å²) in [5, 5.41) is 5.19. The lowest BCUT2D eigenvalue weighted by molar-refractivity contribution is -0.128. The van der Waals surface area contributed by atoms with Gasteiger partial charge in [-0.1, -0.05) is 103 Å². The molecule has 2 aromatic carbocycles. The molecule has 6 rings (SSSR count). The molecular weight excluding hydrogens is 632 g/mol. The lowest BCUT2D eigenvalue weighted by atomic mass is 10.0. The number of fused-ring (bicyclic) bond motifs is 1. The molecule has 1 aliphatic carbocycles. The molecule has 1 amide bonds. The van der Waals surface area contributed by atoms with Crippen molar-refractivity contribution in [2.24, 2.45) is 5.41 Å². The van der Waals surface area contributed by atoms with Gasteiger partial charge in [0.15, 0.2) is 0 Å². The summed E-state index contributed by atoms with van der Waals surface area (Å²) in [6.07, 6.45) is 15.5. The molecule has 1 aromatic heterocycles. The minimum atomic E-state index is 0.0358. The Kier molecular flexibility index (Phi) is 11.8. The number of aromatic nitrogens is 1. The topological polar surface area (TPSA) is 51.4 Å². The highest BCUT2D eigenvalue weighted by Crippen LogP contribution is 2.47. The quantitative estimate of drug-likeness (QED) is 0.274. The van der Waals surface area contributed by atoms with Crippen molar-refractivity contribution in [1.82, 2.24) is 20.1 Å². The van der Waals surface area contributed by atoms with E-state index >= 15 is 0 Å². The van der Waals surface area contributed by atoms with Crippen molar-refractivity contribution in [2.75, 3.05) is 13.1 Å². The molecule has 1 atom stereocenters. The molecule has 3 aromatic rings. The zero-order valence-electron chi connectivity index (χ0n) is 26.1. The maximum absolute atomic E-state index is 13.3. The van der Waals surface area contributed by atoms with Crippen LogP contribution in [0.25, 0.3) is 16.6 Å². The van der Waals surface area contributed by atoms with Crippen molar-refractivity contribution in [3.8, 4) is 0 Å². The molecule has 44 heavy (non-hydrogen) atoms. The van der Waals surface area contributed by atoms with Crippen LogP contribution in [0.4, 0.5) is 0 Å². The summed E-state index contributed by atoms with van der Waals surface area (Å²) >= 11 is 9.85. The molecule has 1 saturated heterocycles. The summed E-state index contributed by atoms with van der Waals surface area (Å²) < 4.78 is 0.933. The molecule has 1 saturated carbocycles. The summed E-state index contributed by atoms with van der Waals surface area (Å²) in [7, 11) is 0. The van der Waals surface area contributed by atoms with Crippen LogP contribution in [0.5, 0.6) is 0 Å². The Hall–Kier alpha value is -3.48. The van der Waals surface area contributed by atoms with E-state index < -0.39 is 0 Å². The van der Waals surface area contributed by atoms with Crippen LogP contribution < -0.4 is 5.32 Å². The molecule has 0 radical (unpaired) electrons. The number of hydrogen-bond acceptors (Lipinski definition) is 3. The maximum Gasteiger partial charge on any atom is 0.256 e. The van der Waals surface area contributed by atoms with Crippen molar-refractivity contribution >= 4 is 50.0 Å². The molecule has 3 heterocycles. The first-order chi connectivity index (χ1) is 21.2. The van der Waals surface area contributed by atoms with Crippen LogP contribution in [0.2, 0.25) is 5.02 Å². The number of rotatable bonds is 6. The number of benzene rings is 2. The smallest absolute Gasteiger partial charge is 0.256 e. The number of likely N-dealkylation sites (tertiary alicyclic amines) is 1. The van der Waals surface area contributed by atoms with Crippen LogP contribution in [0.3, 0.4) is 0 Å². The van der Waals surface area contributed by atoms with E-state index in [0.717, 1.165) is 57.3 Å². The largest absolute Gasteiger partial charge is 0.379 e. The van der Waals surface area contributed by atoms with Crippen LogP contribution in [0, 0.1) is 5.41 Å². The third-order valence-corrected chi connectivity index (χ3v) is 9.20. The fourth-order valence-corrected chi connectivity index (χ4v) is 6.12. The SMILES string of the molecule is C=CN1C=CC=C(C(=O)N2CCCC(NC(=C)c3cc4cc(Br)cc(Cl)c4[nH]3)C2)/C1=C/C.CCC1(C)CC1.c1ccccc1. The zero-order valence-corrected chi connectivity index (χ0v) is 28.4. The predicted octanol–water partition coefficient (Wildman–Crippen LogP) is 9.82. The minimum Gasteiger partial charge on any atom is -0.379 e. The Balaban J connectivity index is 0.000000304. The molecule has 3 aliphatic rings. The summed E-state index contributed by atoms with van der Waals surface area (Å²) in [6.45, 7) is 16.0. The van der Waals surface area contributed by atoms with E-state index in [1.807, 2.05) is 95.7 Å². The third kappa shape index (κ3) is 8.80. The third-order valence-electron chi connectivity index (χ3n) is 8.45. The first-order valence-corrected chi connectivity index (χ1v) is 16.5. The Labute approximate surface area is 276 Å². The molecule has 7 heteroatoms. The number of halogens is 2. The molecule has 2 fully saturated rings. The van der Waals surface area contributed by atoms with Gasteiger partial charge in [-0.05, 0) is 68.4 Å². The van der Waals surface area contributed by atoms with E-state index in [1.165, 1.54) is 19.3 Å². The summed E-state index contributed by atoms with van der Waals surface area (Å²) in [4.78, 5) is 20.5. The number of nitrogens with zero attached hydrogens (tertiary/aromatic N) is 2. The number of carbonyl (C=O) groups is 1. The van der Waals surface area contributed by atoms with Gasteiger partial charge in [0.05, 0.1) is 33.2 Å². The molecule has 2 N–H and O–H groups in total. The second kappa shape index (κ2) is 15.5. The highest BCUT2D eigenvalue weighted by molar-refractivity contribution is 9.10. The summed E-state index contributed by atoms with van der Waals surface area (Å²) in [6, 6.07) is 18.0. The number of aromatic amines is 1. The fourth-order valence-electron chi connectivity index (χ4n) is 5.24. The van der Waals surface area contributed by atoms with Crippen LogP contribution in [0.15, 0.2) is 114 Å². The van der Waals surface area contributed by atoms with Gasteiger partial charge in [0.25, 0.3) is 5.91 Å². The van der Waals surface area contributed by atoms with Gasteiger partial charge in [-0.3, -0.25) is 4.79 Å². The Bertz CT molecular complexity index is 1520. The number of allylic oxidation sites excluding steroid dienone is 3. The molecule has 2 aliphatic heterocycles. The highest BCUT2D eigenvalue weighted by Gasteiger charge is 2.34. The van der Waals surface area contributed by atoms with Gasteiger partial charge in [-0.15, -0.1) is 0 Å². The Morgan fingerprint density at radius 1 is 1.18 bits per heavy atom. The van der Waals surface area contributed by atoms with Crippen LogP contribution in [-0.2, 0) is 4.79 Å².